The minimum atomic E-state index is -1.60. The van der Waals surface area contributed by atoms with Gasteiger partial charge in [-0.25, -0.2) is 0 Å². The van der Waals surface area contributed by atoms with Crippen molar-refractivity contribution in [1.82, 2.24) is 0 Å². The zero-order chi connectivity index (χ0) is 5.45. The molecule has 0 aliphatic heterocycles. The minimum absolute atomic E-state index is 1.60. The molecule has 0 spiro atoms. The van der Waals surface area contributed by atoms with Crippen LogP contribution in [-0.2, 0) is 15.3 Å². The molecule has 0 atom stereocenters. The molecule has 0 nitrogen and oxygen atoms in total. The Labute approximate surface area is 41.8 Å². The Morgan fingerprint density at radius 2 is 0.667 bits per heavy atom. The van der Waals surface area contributed by atoms with Crippen LogP contribution in [0.15, 0.2) is 0 Å². The molecule has 39 valence electrons. The van der Waals surface area contributed by atoms with E-state index in [1.165, 1.54) is 0 Å². The van der Waals surface area contributed by atoms with E-state index in [4.69, 9.17) is 0 Å². The van der Waals surface area contributed by atoms with Gasteiger partial charge in [-0.2, -0.15) is 0 Å². The standard InChI is InChI=1S/5CH3.Ti/h5*1H3;. The van der Waals surface area contributed by atoms with Crippen molar-refractivity contribution in [2.24, 2.45) is 0 Å². The second-order valence-electron chi connectivity index (χ2n) is 5.00. The number of hydrogen-bond acceptors (Lipinski definition) is 0. The van der Waals surface area contributed by atoms with Gasteiger partial charge in [-0.3, -0.25) is 0 Å². The van der Waals surface area contributed by atoms with E-state index in [1.807, 2.05) is 0 Å². The quantitative estimate of drug-likeness (QED) is 0.434. The monoisotopic (exact) mass is 123 g/mol. The van der Waals surface area contributed by atoms with Crippen molar-refractivity contribution in [3.63, 3.8) is 0 Å². The molecule has 0 aromatic heterocycles. The van der Waals surface area contributed by atoms with Crippen molar-refractivity contribution in [2.75, 3.05) is 0 Å². The Bertz CT molecular complexity index is 37.1. The van der Waals surface area contributed by atoms with Crippen molar-refractivity contribution >= 4 is 0 Å². The maximum atomic E-state index is 2.40. The third-order valence-electron chi connectivity index (χ3n) is 0. The van der Waals surface area contributed by atoms with E-state index >= 15 is 0 Å². The normalized spacial score (nSPS) is 19.2. The van der Waals surface area contributed by atoms with Gasteiger partial charge in [-0.15, -0.1) is 0 Å². The van der Waals surface area contributed by atoms with Gasteiger partial charge in [0.2, 0.25) is 0 Å². The van der Waals surface area contributed by atoms with E-state index in [0.717, 1.165) is 0 Å². The van der Waals surface area contributed by atoms with Crippen LogP contribution in [0, 0.1) is 0 Å². The molecule has 0 radical (unpaired) electrons. The summed E-state index contributed by atoms with van der Waals surface area (Å²) in [5.41, 5.74) is 0. The molecule has 0 unspecified atom stereocenters. The van der Waals surface area contributed by atoms with Crippen LogP contribution in [0.25, 0.3) is 0 Å². The molecule has 0 aromatic rings. The van der Waals surface area contributed by atoms with Crippen LogP contribution in [0.1, 0.15) is 0 Å². The third kappa shape index (κ3) is 127. The molecule has 0 heterocycles. The van der Waals surface area contributed by atoms with Crippen LogP contribution in [0.2, 0.25) is 26.1 Å². The summed E-state index contributed by atoms with van der Waals surface area (Å²) in [6, 6.07) is 0. The van der Waals surface area contributed by atoms with Gasteiger partial charge in [0.15, 0.2) is 0 Å². The fraction of sp³-hybridized carbons (Fsp3) is 1.00. The zero-order valence-corrected chi connectivity index (χ0v) is 7.06. The summed E-state index contributed by atoms with van der Waals surface area (Å²) in [5.74, 6) is 0. The second kappa shape index (κ2) is 1.11. The molecule has 0 aliphatic rings. The summed E-state index contributed by atoms with van der Waals surface area (Å²) in [4.78, 5) is 0. The predicted octanol–water partition coefficient (Wildman–Crippen LogP) is 2.92. The molecule has 0 fully saturated rings. The molecule has 0 N–H and O–H groups in total. The van der Waals surface area contributed by atoms with Gasteiger partial charge in [0.25, 0.3) is 0 Å². The van der Waals surface area contributed by atoms with Gasteiger partial charge in [-0.1, -0.05) is 0 Å². The van der Waals surface area contributed by atoms with E-state index < -0.39 is 15.3 Å². The first-order valence-corrected chi connectivity index (χ1v) is 10.3. The van der Waals surface area contributed by atoms with Gasteiger partial charge < -0.3 is 0 Å². The fourth-order valence-corrected chi connectivity index (χ4v) is 0. The summed E-state index contributed by atoms with van der Waals surface area (Å²) in [5, 5.41) is 12.0. The molecule has 0 saturated carbocycles. The number of hydrogen-bond donors (Lipinski definition) is 0. The van der Waals surface area contributed by atoms with Crippen molar-refractivity contribution in [3.8, 4) is 0 Å². The van der Waals surface area contributed by atoms with Gasteiger partial charge in [0.05, 0.1) is 0 Å². The van der Waals surface area contributed by atoms with Gasteiger partial charge in [0.1, 0.15) is 0 Å². The fourth-order valence-electron chi connectivity index (χ4n) is 0. The molecule has 0 saturated heterocycles. The van der Waals surface area contributed by atoms with Crippen LogP contribution in [0.5, 0.6) is 0 Å². The van der Waals surface area contributed by atoms with Crippen molar-refractivity contribution in [3.05, 3.63) is 0 Å². The van der Waals surface area contributed by atoms with Crippen LogP contribution in [0.4, 0.5) is 0 Å². The van der Waals surface area contributed by atoms with E-state index in [2.05, 4.69) is 26.1 Å². The van der Waals surface area contributed by atoms with Crippen molar-refractivity contribution in [1.29, 1.82) is 0 Å². The summed E-state index contributed by atoms with van der Waals surface area (Å²) in [6.45, 7) is 0. The van der Waals surface area contributed by atoms with E-state index in [1.54, 1.807) is 0 Å². The average Bonchev–Trinajstić information content (AvgIpc) is 0.650. The summed E-state index contributed by atoms with van der Waals surface area (Å²) in [7, 11) is 0. The molecule has 6 heavy (non-hydrogen) atoms. The topological polar surface area (TPSA) is 0 Å². The van der Waals surface area contributed by atoms with Gasteiger partial charge in [-0.05, 0) is 0 Å². The molecular formula is C5H15Ti. The van der Waals surface area contributed by atoms with Crippen LogP contribution >= 0.6 is 0 Å². The molecule has 0 rings (SSSR count). The average molecular weight is 123 g/mol. The Morgan fingerprint density at radius 3 is 0.667 bits per heavy atom. The number of rotatable bonds is 0. The van der Waals surface area contributed by atoms with Gasteiger partial charge in [0, 0.05) is 0 Å². The molecule has 1 heteroatoms. The summed E-state index contributed by atoms with van der Waals surface area (Å²) >= 11 is -1.60. The zero-order valence-electron chi connectivity index (χ0n) is 5.50. The Kier molecular flexibility index (Phi) is 1.24. The first kappa shape index (κ1) is 6.71. The van der Waals surface area contributed by atoms with Crippen molar-refractivity contribution < 1.29 is 15.3 Å². The first-order chi connectivity index (χ1) is 2.24. The Hall–Kier alpha value is 0.714. The summed E-state index contributed by atoms with van der Waals surface area (Å²) < 4.78 is 0. The van der Waals surface area contributed by atoms with Gasteiger partial charge >= 0.3 is 41.4 Å². The molecule has 0 bridgehead atoms. The van der Waals surface area contributed by atoms with Crippen LogP contribution < -0.4 is 0 Å². The molecular weight excluding hydrogens is 108 g/mol. The SMILES string of the molecule is [CH3][Ti]([CH3])([CH3])([CH3])[CH3]. The third-order valence-corrected chi connectivity index (χ3v) is 0. The molecule has 0 aromatic carbocycles. The van der Waals surface area contributed by atoms with E-state index in [0.29, 0.717) is 0 Å². The maximum absolute atomic E-state index is 2.40. The predicted molar refractivity (Wildman–Crippen MR) is 29.3 cm³/mol. The van der Waals surface area contributed by atoms with Crippen LogP contribution in [-0.4, -0.2) is 0 Å². The van der Waals surface area contributed by atoms with Crippen LogP contribution in [0.3, 0.4) is 0 Å². The van der Waals surface area contributed by atoms with E-state index in [-0.39, 0.29) is 0 Å². The first-order valence-electron chi connectivity index (χ1n) is 2.50. The van der Waals surface area contributed by atoms with Crippen molar-refractivity contribution in [2.45, 2.75) is 26.1 Å². The Balaban J connectivity index is 3.73. The Morgan fingerprint density at radius 1 is 0.667 bits per heavy atom. The molecule has 0 amide bonds. The second-order valence-corrected chi connectivity index (χ2v) is 20.6. The molecule has 0 aliphatic carbocycles. The summed E-state index contributed by atoms with van der Waals surface area (Å²) in [6.07, 6.45) is 0. The van der Waals surface area contributed by atoms with E-state index in [9.17, 15) is 0 Å².